The van der Waals surface area contributed by atoms with E-state index in [0.717, 1.165) is 11.1 Å². The van der Waals surface area contributed by atoms with Crippen LogP contribution >= 0.6 is 0 Å². The summed E-state index contributed by atoms with van der Waals surface area (Å²) in [5.41, 5.74) is 3.56. The van der Waals surface area contributed by atoms with Crippen LogP contribution in [0.2, 0.25) is 0 Å². The van der Waals surface area contributed by atoms with Crippen LogP contribution in [0.25, 0.3) is 10.9 Å². The number of nitro benzene ring substituents is 1. The van der Waals surface area contributed by atoms with E-state index in [9.17, 15) is 20.0 Å². The molecule has 0 radical (unpaired) electrons. The lowest BCUT2D eigenvalue weighted by Gasteiger charge is -2.08. The highest BCUT2D eigenvalue weighted by Gasteiger charge is 2.20. The molecular formula is C25H19N5O4. The van der Waals surface area contributed by atoms with Gasteiger partial charge in [-0.25, -0.2) is 4.99 Å². The van der Waals surface area contributed by atoms with Gasteiger partial charge in [0.15, 0.2) is 5.88 Å². The Bertz CT molecular complexity index is 1580. The number of benzene rings is 3. The van der Waals surface area contributed by atoms with Crippen molar-refractivity contribution in [1.29, 1.82) is 0 Å². The van der Waals surface area contributed by atoms with Crippen LogP contribution in [0.1, 0.15) is 16.7 Å². The molecule has 0 spiro atoms. The van der Waals surface area contributed by atoms with Crippen LogP contribution in [-0.4, -0.2) is 30.5 Å². The first-order valence-corrected chi connectivity index (χ1v) is 10.5. The molecule has 0 atom stereocenters. The zero-order chi connectivity index (χ0) is 23.7. The Morgan fingerprint density at radius 1 is 1.03 bits per heavy atom. The maximum atomic E-state index is 11.3. The predicted octanol–water partition coefficient (Wildman–Crippen LogP) is 4.49. The molecule has 0 saturated heterocycles. The third-order valence-electron chi connectivity index (χ3n) is 5.45. The van der Waals surface area contributed by atoms with E-state index in [1.54, 1.807) is 16.9 Å². The second kappa shape index (κ2) is 8.55. The highest BCUT2D eigenvalue weighted by atomic mass is 16.6. The Morgan fingerprint density at radius 2 is 1.79 bits per heavy atom. The van der Waals surface area contributed by atoms with E-state index >= 15 is 0 Å². The van der Waals surface area contributed by atoms with Gasteiger partial charge in [0.05, 0.1) is 28.4 Å². The van der Waals surface area contributed by atoms with Gasteiger partial charge in [0.25, 0.3) is 11.2 Å². The van der Waals surface area contributed by atoms with Gasteiger partial charge < -0.3 is 10.1 Å². The number of nitro groups is 1. The molecule has 0 aliphatic rings. The highest BCUT2D eigenvalue weighted by Crippen LogP contribution is 2.33. The lowest BCUT2D eigenvalue weighted by molar-refractivity contribution is -0.384. The smallest absolute Gasteiger partial charge is 0.270 e. The number of H-pyrrole nitrogens is 2. The molecule has 34 heavy (non-hydrogen) atoms. The molecule has 2 aromatic heterocycles. The number of hydrogen-bond donors (Lipinski definition) is 3. The van der Waals surface area contributed by atoms with Crippen molar-refractivity contribution in [2.75, 3.05) is 0 Å². The highest BCUT2D eigenvalue weighted by molar-refractivity contribution is 6.22. The van der Waals surface area contributed by atoms with Gasteiger partial charge in [-0.3, -0.25) is 24.7 Å². The van der Waals surface area contributed by atoms with Crippen molar-refractivity contribution in [2.24, 2.45) is 4.99 Å². The average Bonchev–Trinajstić information content (AvgIpc) is 3.40. The number of fused-ring (bicyclic) bond motifs is 1. The quantitative estimate of drug-likeness (QED) is 0.199. The van der Waals surface area contributed by atoms with Crippen molar-refractivity contribution in [3.8, 4) is 5.88 Å². The number of hydrogen-bond acceptors (Lipinski definition) is 5. The summed E-state index contributed by atoms with van der Waals surface area (Å²) in [6, 6.07) is 22.7. The molecule has 0 unspecified atom stereocenters. The van der Waals surface area contributed by atoms with Crippen LogP contribution in [0.15, 0.2) is 94.8 Å². The molecule has 0 aliphatic heterocycles. The summed E-state index contributed by atoms with van der Waals surface area (Å²) in [4.78, 5) is 29.9. The standard InChI is InChI=1S/C25H19N5O4/c31-22-12-13-29(28-22)15-16-6-8-18(9-7-16)26-24(17-4-2-1-3-5-17)23-20-14-19(30(33)34)10-11-21(20)27-25(23)32/h1-14,27,32H,15H2,(H,28,31). The number of aromatic amines is 2. The van der Waals surface area contributed by atoms with Crippen LogP contribution in [-0.2, 0) is 6.54 Å². The zero-order valence-corrected chi connectivity index (χ0v) is 17.8. The summed E-state index contributed by atoms with van der Waals surface area (Å²) < 4.78 is 1.69. The fourth-order valence-electron chi connectivity index (χ4n) is 3.85. The zero-order valence-electron chi connectivity index (χ0n) is 17.8. The Balaban J connectivity index is 1.60. The lowest BCUT2D eigenvalue weighted by atomic mass is 10.0. The molecule has 3 aromatic carbocycles. The summed E-state index contributed by atoms with van der Waals surface area (Å²) in [6.45, 7) is 0.505. The van der Waals surface area contributed by atoms with E-state index in [2.05, 4.69) is 10.1 Å². The van der Waals surface area contributed by atoms with Crippen LogP contribution in [0.5, 0.6) is 5.88 Å². The number of aromatic hydroxyl groups is 1. The van der Waals surface area contributed by atoms with Crippen molar-refractivity contribution in [1.82, 2.24) is 14.8 Å². The van der Waals surface area contributed by atoms with Gasteiger partial charge in [-0.15, -0.1) is 0 Å². The average molecular weight is 453 g/mol. The van der Waals surface area contributed by atoms with Gasteiger partial charge in [0.2, 0.25) is 0 Å². The molecule has 168 valence electrons. The molecule has 0 aliphatic carbocycles. The molecule has 5 aromatic rings. The van der Waals surface area contributed by atoms with E-state index < -0.39 is 4.92 Å². The van der Waals surface area contributed by atoms with Crippen molar-refractivity contribution in [3.05, 3.63) is 122 Å². The molecule has 0 fully saturated rings. The van der Waals surface area contributed by atoms with Crippen molar-refractivity contribution in [2.45, 2.75) is 6.54 Å². The van der Waals surface area contributed by atoms with Gasteiger partial charge in [0, 0.05) is 40.9 Å². The number of rotatable bonds is 6. The summed E-state index contributed by atoms with van der Waals surface area (Å²) >= 11 is 0. The number of aliphatic imine (C=N–C) groups is 1. The summed E-state index contributed by atoms with van der Waals surface area (Å²) in [6.07, 6.45) is 1.68. The predicted molar refractivity (Wildman–Crippen MR) is 129 cm³/mol. The van der Waals surface area contributed by atoms with Gasteiger partial charge in [-0.2, -0.15) is 0 Å². The summed E-state index contributed by atoms with van der Waals surface area (Å²) in [5.74, 6) is -0.119. The molecule has 5 rings (SSSR count). The van der Waals surface area contributed by atoms with E-state index in [0.29, 0.717) is 34.4 Å². The number of nitrogens with zero attached hydrogens (tertiary/aromatic N) is 3. The second-order valence-electron chi connectivity index (χ2n) is 7.75. The first-order valence-electron chi connectivity index (χ1n) is 10.5. The molecule has 9 heteroatoms. The number of non-ortho nitro benzene ring substituents is 1. The Kier molecular flexibility index (Phi) is 5.27. The maximum Gasteiger partial charge on any atom is 0.270 e. The second-order valence-corrected chi connectivity index (χ2v) is 7.75. The SMILES string of the molecule is O=c1ccn(Cc2ccc(N=C(c3ccccc3)c3c(O)[nH]c4ccc([N+](=O)[O-])cc34)cc2)[nH]1. The molecule has 0 bridgehead atoms. The molecule has 3 N–H and O–H groups in total. The molecule has 2 heterocycles. The largest absolute Gasteiger partial charge is 0.494 e. The van der Waals surface area contributed by atoms with E-state index in [1.165, 1.54) is 18.2 Å². The van der Waals surface area contributed by atoms with E-state index in [-0.39, 0.29) is 17.1 Å². The third kappa shape index (κ3) is 4.09. The lowest BCUT2D eigenvalue weighted by Crippen LogP contribution is -2.06. The van der Waals surface area contributed by atoms with Crippen LogP contribution < -0.4 is 5.56 Å². The summed E-state index contributed by atoms with van der Waals surface area (Å²) in [7, 11) is 0. The molecular weight excluding hydrogens is 434 g/mol. The first-order chi connectivity index (χ1) is 16.5. The van der Waals surface area contributed by atoms with Crippen molar-refractivity contribution in [3.63, 3.8) is 0 Å². The Labute approximate surface area is 192 Å². The minimum atomic E-state index is -0.469. The molecule has 9 nitrogen and oxygen atoms in total. The van der Waals surface area contributed by atoms with Crippen LogP contribution in [0.4, 0.5) is 11.4 Å². The summed E-state index contributed by atoms with van der Waals surface area (Å²) in [5, 5.41) is 25.3. The number of aromatic nitrogens is 3. The monoisotopic (exact) mass is 453 g/mol. The minimum Gasteiger partial charge on any atom is -0.494 e. The molecule has 0 saturated carbocycles. The van der Waals surface area contributed by atoms with Crippen molar-refractivity contribution < 1.29 is 10.0 Å². The Morgan fingerprint density at radius 3 is 2.47 bits per heavy atom. The Hall–Kier alpha value is -4.92. The number of nitrogens with one attached hydrogen (secondary N) is 2. The van der Waals surface area contributed by atoms with Gasteiger partial charge in [-0.05, 0) is 23.8 Å². The van der Waals surface area contributed by atoms with Gasteiger partial charge >= 0.3 is 0 Å². The van der Waals surface area contributed by atoms with Crippen molar-refractivity contribution >= 4 is 28.0 Å². The van der Waals surface area contributed by atoms with E-state index in [1.807, 2.05) is 54.6 Å². The molecule has 0 amide bonds. The van der Waals surface area contributed by atoms with E-state index in [4.69, 9.17) is 4.99 Å². The van der Waals surface area contributed by atoms with Gasteiger partial charge in [-0.1, -0.05) is 42.5 Å². The van der Waals surface area contributed by atoms with Crippen LogP contribution in [0.3, 0.4) is 0 Å². The maximum absolute atomic E-state index is 11.3. The third-order valence-corrected chi connectivity index (χ3v) is 5.45. The minimum absolute atomic E-state index is 0.0763. The fourth-order valence-corrected chi connectivity index (χ4v) is 3.85. The van der Waals surface area contributed by atoms with Crippen LogP contribution in [0, 0.1) is 10.1 Å². The topological polar surface area (TPSA) is 129 Å². The first kappa shape index (κ1) is 21.0. The van der Waals surface area contributed by atoms with Gasteiger partial charge in [0.1, 0.15) is 0 Å². The normalized spacial score (nSPS) is 11.7. The fraction of sp³-hybridized carbons (Fsp3) is 0.0400.